The first-order chi connectivity index (χ1) is 8.35. The van der Waals surface area contributed by atoms with Crippen molar-refractivity contribution in [3.8, 4) is 0 Å². The molecular weight excluding hydrogens is 240 g/mol. The van der Waals surface area contributed by atoms with E-state index in [0.717, 1.165) is 0 Å². The fourth-order valence-electron chi connectivity index (χ4n) is 3.60. The third-order valence-electron chi connectivity index (χ3n) is 4.86. The summed E-state index contributed by atoms with van der Waals surface area (Å²) in [6.07, 6.45) is -2.87. The second-order valence-corrected chi connectivity index (χ2v) is 6.12. The Morgan fingerprint density at radius 3 is 1.72 bits per heavy atom. The minimum atomic E-state index is -1.53. The summed E-state index contributed by atoms with van der Waals surface area (Å²) in [5, 5.41) is 50.5. The maximum Gasteiger partial charge on any atom is 0.0984 e. The van der Waals surface area contributed by atoms with Crippen LogP contribution in [0, 0.1) is 5.92 Å². The van der Waals surface area contributed by atoms with E-state index in [4.69, 9.17) is 4.74 Å². The minimum Gasteiger partial charge on any atom is -0.393 e. The van der Waals surface area contributed by atoms with Gasteiger partial charge in [0, 0.05) is 25.2 Å². The van der Waals surface area contributed by atoms with Gasteiger partial charge < -0.3 is 30.3 Å². The van der Waals surface area contributed by atoms with Crippen LogP contribution >= 0.6 is 0 Å². The molecule has 3 aliphatic rings. The van der Waals surface area contributed by atoms with Crippen LogP contribution in [-0.2, 0) is 4.74 Å². The second-order valence-electron chi connectivity index (χ2n) is 6.12. The molecule has 6 heteroatoms. The van der Waals surface area contributed by atoms with Gasteiger partial charge in [-0.15, -0.1) is 0 Å². The standard InChI is InChI=1S/C12H20O6/c13-7-2-12(17)4-9(15)8(14)3-11(12,16)1-6(7)10-5-18-10/h6-10,13-17H,1-5H2. The summed E-state index contributed by atoms with van der Waals surface area (Å²) in [6.45, 7) is 0.571. The molecule has 0 spiro atoms. The highest BCUT2D eigenvalue weighted by Gasteiger charge is 2.62. The van der Waals surface area contributed by atoms with Gasteiger partial charge in [0.15, 0.2) is 0 Å². The fourth-order valence-corrected chi connectivity index (χ4v) is 3.60. The summed E-state index contributed by atoms with van der Waals surface area (Å²) in [5.74, 6) is -0.210. The summed E-state index contributed by atoms with van der Waals surface area (Å²) >= 11 is 0. The van der Waals surface area contributed by atoms with Crippen LogP contribution in [0.15, 0.2) is 0 Å². The minimum absolute atomic E-state index is 0.0117. The molecule has 104 valence electrons. The molecular formula is C12H20O6. The number of hydrogen-bond donors (Lipinski definition) is 5. The molecule has 0 aromatic carbocycles. The predicted molar refractivity (Wildman–Crippen MR) is 59.6 cm³/mol. The molecule has 0 bridgehead atoms. The van der Waals surface area contributed by atoms with Crippen LogP contribution in [0.3, 0.4) is 0 Å². The van der Waals surface area contributed by atoms with Gasteiger partial charge in [-0.25, -0.2) is 0 Å². The van der Waals surface area contributed by atoms with Crippen molar-refractivity contribution >= 4 is 0 Å². The Balaban J connectivity index is 1.85. The molecule has 0 radical (unpaired) electrons. The lowest BCUT2D eigenvalue weighted by Gasteiger charge is -2.55. The molecule has 18 heavy (non-hydrogen) atoms. The number of aliphatic hydroxyl groups is 5. The van der Waals surface area contributed by atoms with E-state index in [9.17, 15) is 25.5 Å². The normalized spacial score (nSPS) is 60.2. The van der Waals surface area contributed by atoms with E-state index in [1.807, 2.05) is 0 Å². The molecule has 6 nitrogen and oxygen atoms in total. The Morgan fingerprint density at radius 2 is 1.22 bits per heavy atom. The van der Waals surface area contributed by atoms with E-state index in [0.29, 0.717) is 6.61 Å². The summed E-state index contributed by atoms with van der Waals surface area (Å²) in [5.41, 5.74) is -2.99. The molecule has 1 aliphatic heterocycles. The van der Waals surface area contributed by atoms with Crippen LogP contribution in [-0.4, -0.2) is 67.8 Å². The fraction of sp³-hybridized carbons (Fsp3) is 1.00. The van der Waals surface area contributed by atoms with Crippen molar-refractivity contribution in [2.75, 3.05) is 6.61 Å². The van der Waals surface area contributed by atoms with Crippen molar-refractivity contribution < 1.29 is 30.3 Å². The van der Waals surface area contributed by atoms with E-state index in [1.54, 1.807) is 0 Å². The topological polar surface area (TPSA) is 114 Å². The predicted octanol–water partition coefficient (Wildman–Crippen LogP) is -1.87. The molecule has 2 aliphatic carbocycles. The number of epoxide rings is 1. The van der Waals surface area contributed by atoms with Crippen molar-refractivity contribution in [1.82, 2.24) is 0 Å². The molecule has 3 fully saturated rings. The highest BCUT2D eigenvalue weighted by atomic mass is 16.6. The quantitative estimate of drug-likeness (QED) is 0.353. The van der Waals surface area contributed by atoms with Gasteiger partial charge in [0.25, 0.3) is 0 Å². The number of fused-ring (bicyclic) bond motifs is 1. The molecule has 0 amide bonds. The van der Waals surface area contributed by atoms with Crippen LogP contribution in [0.4, 0.5) is 0 Å². The Kier molecular flexibility index (Phi) is 2.75. The number of ether oxygens (including phenoxy) is 1. The molecule has 5 N–H and O–H groups in total. The SMILES string of the molecule is OC1CC2(O)CC(O)C(C3CO3)CC2(O)CC1O. The van der Waals surface area contributed by atoms with Gasteiger partial charge in [0.1, 0.15) is 0 Å². The van der Waals surface area contributed by atoms with E-state index in [-0.39, 0.29) is 37.7 Å². The zero-order valence-electron chi connectivity index (χ0n) is 10.1. The van der Waals surface area contributed by atoms with E-state index >= 15 is 0 Å². The summed E-state index contributed by atoms with van der Waals surface area (Å²) in [4.78, 5) is 0. The first-order valence-electron chi connectivity index (χ1n) is 6.45. The van der Waals surface area contributed by atoms with Gasteiger partial charge in [-0.05, 0) is 6.42 Å². The van der Waals surface area contributed by atoms with Crippen molar-refractivity contribution in [1.29, 1.82) is 0 Å². The van der Waals surface area contributed by atoms with Gasteiger partial charge in [-0.2, -0.15) is 0 Å². The smallest absolute Gasteiger partial charge is 0.0984 e. The van der Waals surface area contributed by atoms with Crippen molar-refractivity contribution in [2.45, 2.75) is 61.3 Å². The third-order valence-corrected chi connectivity index (χ3v) is 4.86. The first kappa shape index (κ1) is 12.8. The first-order valence-corrected chi connectivity index (χ1v) is 6.45. The average Bonchev–Trinajstić information content (AvgIpc) is 3.05. The maximum absolute atomic E-state index is 10.6. The second kappa shape index (κ2) is 3.88. The maximum atomic E-state index is 10.6. The van der Waals surface area contributed by atoms with Crippen LogP contribution in [0.2, 0.25) is 0 Å². The molecule has 0 aromatic rings. The van der Waals surface area contributed by atoms with Crippen LogP contribution < -0.4 is 0 Å². The Labute approximate surface area is 105 Å². The highest BCUT2D eigenvalue weighted by molar-refractivity contribution is 5.13. The molecule has 0 aromatic heterocycles. The van der Waals surface area contributed by atoms with Gasteiger partial charge in [-0.1, -0.05) is 0 Å². The van der Waals surface area contributed by atoms with Crippen molar-refractivity contribution in [2.24, 2.45) is 5.92 Å². The monoisotopic (exact) mass is 260 g/mol. The highest BCUT2D eigenvalue weighted by Crippen LogP contribution is 2.50. The molecule has 1 heterocycles. The Hall–Kier alpha value is -0.240. The van der Waals surface area contributed by atoms with Crippen molar-refractivity contribution in [3.63, 3.8) is 0 Å². The summed E-state index contributed by atoms with van der Waals surface area (Å²) in [7, 11) is 0. The lowest BCUT2D eigenvalue weighted by atomic mass is 9.58. The van der Waals surface area contributed by atoms with E-state index in [2.05, 4.69) is 0 Å². The zero-order valence-corrected chi connectivity index (χ0v) is 10.1. The number of hydrogen-bond acceptors (Lipinski definition) is 6. The number of aliphatic hydroxyl groups excluding tert-OH is 3. The average molecular weight is 260 g/mol. The molecule has 7 atom stereocenters. The molecule has 7 unspecified atom stereocenters. The van der Waals surface area contributed by atoms with Crippen molar-refractivity contribution in [3.05, 3.63) is 0 Å². The molecule has 2 saturated carbocycles. The third kappa shape index (κ3) is 1.79. The van der Waals surface area contributed by atoms with E-state index < -0.39 is 29.5 Å². The van der Waals surface area contributed by atoms with Gasteiger partial charge in [-0.3, -0.25) is 0 Å². The van der Waals surface area contributed by atoms with Crippen LogP contribution in [0.5, 0.6) is 0 Å². The van der Waals surface area contributed by atoms with Gasteiger partial charge in [0.2, 0.25) is 0 Å². The largest absolute Gasteiger partial charge is 0.393 e. The van der Waals surface area contributed by atoms with E-state index in [1.165, 1.54) is 0 Å². The summed E-state index contributed by atoms with van der Waals surface area (Å²) in [6, 6.07) is 0. The van der Waals surface area contributed by atoms with Crippen LogP contribution in [0.25, 0.3) is 0 Å². The van der Waals surface area contributed by atoms with Gasteiger partial charge in [0.05, 0.1) is 42.2 Å². The van der Waals surface area contributed by atoms with Crippen LogP contribution in [0.1, 0.15) is 25.7 Å². The Morgan fingerprint density at radius 1 is 0.778 bits per heavy atom. The number of rotatable bonds is 1. The lowest BCUT2D eigenvalue weighted by Crippen LogP contribution is -2.68. The Bertz CT molecular complexity index is 345. The molecule has 1 saturated heterocycles. The van der Waals surface area contributed by atoms with Gasteiger partial charge >= 0.3 is 0 Å². The lowest BCUT2D eigenvalue weighted by molar-refractivity contribution is -0.261. The summed E-state index contributed by atoms with van der Waals surface area (Å²) < 4.78 is 5.16. The zero-order chi connectivity index (χ0) is 13.1. The molecule has 3 rings (SSSR count).